The van der Waals surface area contributed by atoms with E-state index in [1.54, 1.807) is 12.1 Å². The van der Waals surface area contributed by atoms with Crippen molar-refractivity contribution in [1.29, 1.82) is 0 Å². The van der Waals surface area contributed by atoms with E-state index < -0.39 is 0 Å². The highest BCUT2D eigenvalue weighted by atomic mass is 32.2. The molecule has 0 spiro atoms. The summed E-state index contributed by atoms with van der Waals surface area (Å²) < 4.78 is 24.0. The SMILES string of the molecule is Fc1ccc(C2CSCCN2Cc2ccc3c(c2)OCO3)cc1. The molecule has 4 rings (SSSR count). The van der Waals surface area contributed by atoms with Crippen molar-refractivity contribution in [3.63, 3.8) is 0 Å². The molecule has 2 aromatic rings. The number of benzene rings is 2. The zero-order chi connectivity index (χ0) is 15.6. The first-order valence-corrected chi connectivity index (χ1v) is 8.91. The Morgan fingerprint density at radius 2 is 1.91 bits per heavy atom. The van der Waals surface area contributed by atoms with E-state index in [4.69, 9.17) is 9.47 Å². The number of thioether (sulfide) groups is 1. The smallest absolute Gasteiger partial charge is 0.231 e. The van der Waals surface area contributed by atoms with Gasteiger partial charge < -0.3 is 9.47 Å². The second kappa shape index (κ2) is 6.42. The van der Waals surface area contributed by atoms with Gasteiger partial charge in [-0.15, -0.1) is 0 Å². The highest BCUT2D eigenvalue weighted by molar-refractivity contribution is 7.99. The van der Waals surface area contributed by atoms with Crippen molar-refractivity contribution in [2.24, 2.45) is 0 Å². The molecule has 1 unspecified atom stereocenters. The van der Waals surface area contributed by atoms with Gasteiger partial charge in [0.1, 0.15) is 5.82 Å². The number of rotatable bonds is 3. The Morgan fingerprint density at radius 1 is 1.09 bits per heavy atom. The van der Waals surface area contributed by atoms with Crippen molar-refractivity contribution in [2.75, 3.05) is 24.8 Å². The minimum Gasteiger partial charge on any atom is -0.454 e. The van der Waals surface area contributed by atoms with Gasteiger partial charge in [-0.2, -0.15) is 11.8 Å². The Bertz CT molecular complexity index is 692. The lowest BCUT2D eigenvalue weighted by Crippen LogP contribution is -2.35. The van der Waals surface area contributed by atoms with Crippen molar-refractivity contribution in [3.05, 3.63) is 59.4 Å². The van der Waals surface area contributed by atoms with Gasteiger partial charge in [-0.1, -0.05) is 18.2 Å². The monoisotopic (exact) mass is 331 g/mol. The summed E-state index contributed by atoms with van der Waals surface area (Å²) in [5, 5.41) is 0. The molecular formula is C18H18FNO2S. The molecule has 2 aromatic carbocycles. The van der Waals surface area contributed by atoms with Crippen molar-refractivity contribution < 1.29 is 13.9 Å². The Labute approximate surface area is 139 Å². The molecule has 23 heavy (non-hydrogen) atoms. The summed E-state index contributed by atoms with van der Waals surface area (Å²) in [6.45, 7) is 2.19. The molecule has 0 aliphatic carbocycles. The van der Waals surface area contributed by atoms with E-state index in [1.807, 2.05) is 30.0 Å². The van der Waals surface area contributed by atoms with Crippen LogP contribution in [-0.4, -0.2) is 29.7 Å². The lowest BCUT2D eigenvalue weighted by Gasteiger charge is -2.35. The van der Waals surface area contributed by atoms with Gasteiger partial charge in [0, 0.05) is 30.6 Å². The molecule has 0 aromatic heterocycles. The van der Waals surface area contributed by atoms with Crippen LogP contribution in [-0.2, 0) is 6.54 Å². The van der Waals surface area contributed by atoms with Crippen LogP contribution in [0.2, 0.25) is 0 Å². The van der Waals surface area contributed by atoms with Crippen LogP contribution in [0.25, 0.3) is 0 Å². The number of nitrogens with zero attached hydrogens (tertiary/aromatic N) is 1. The van der Waals surface area contributed by atoms with Gasteiger partial charge in [0.15, 0.2) is 11.5 Å². The normalized spacial score (nSPS) is 20.7. The summed E-state index contributed by atoms with van der Waals surface area (Å²) in [5.41, 5.74) is 2.40. The molecule has 1 fully saturated rings. The van der Waals surface area contributed by atoms with Crippen LogP contribution >= 0.6 is 11.8 Å². The zero-order valence-corrected chi connectivity index (χ0v) is 13.5. The van der Waals surface area contributed by atoms with Crippen LogP contribution in [0.1, 0.15) is 17.2 Å². The fourth-order valence-corrected chi connectivity index (χ4v) is 4.25. The van der Waals surface area contributed by atoms with Crippen LogP contribution in [0.3, 0.4) is 0 Å². The molecule has 1 saturated heterocycles. The molecule has 2 aliphatic rings. The number of hydrogen-bond acceptors (Lipinski definition) is 4. The molecule has 5 heteroatoms. The number of ether oxygens (including phenoxy) is 2. The number of hydrogen-bond donors (Lipinski definition) is 0. The van der Waals surface area contributed by atoms with Crippen LogP contribution in [0.15, 0.2) is 42.5 Å². The molecule has 0 N–H and O–H groups in total. The summed E-state index contributed by atoms with van der Waals surface area (Å²) in [6, 6.07) is 13.4. The molecular weight excluding hydrogens is 313 g/mol. The Balaban J connectivity index is 1.54. The van der Waals surface area contributed by atoms with Crippen LogP contribution in [0.5, 0.6) is 11.5 Å². The Hall–Kier alpha value is -1.72. The summed E-state index contributed by atoms with van der Waals surface area (Å²) in [6.07, 6.45) is 0. The summed E-state index contributed by atoms with van der Waals surface area (Å²) in [7, 11) is 0. The van der Waals surface area contributed by atoms with Gasteiger partial charge in [-0.25, -0.2) is 4.39 Å². The van der Waals surface area contributed by atoms with Crippen molar-refractivity contribution in [3.8, 4) is 11.5 Å². The fraction of sp³-hybridized carbons (Fsp3) is 0.333. The third kappa shape index (κ3) is 3.16. The maximum Gasteiger partial charge on any atom is 0.231 e. The summed E-state index contributed by atoms with van der Waals surface area (Å²) >= 11 is 1.96. The van der Waals surface area contributed by atoms with Gasteiger partial charge in [0.2, 0.25) is 6.79 Å². The van der Waals surface area contributed by atoms with Crippen LogP contribution in [0.4, 0.5) is 4.39 Å². The third-order valence-corrected chi connectivity index (χ3v) is 5.34. The standard InChI is InChI=1S/C18H18FNO2S/c19-15-4-2-14(3-5-15)16-11-23-8-7-20(16)10-13-1-6-17-18(9-13)22-12-21-17/h1-6,9,16H,7-8,10-12H2. The maximum absolute atomic E-state index is 13.2. The molecule has 120 valence electrons. The number of fused-ring (bicyclic) bond motifs is 1. The summed E-state index contributed by atoms with van der Waals surface area (Å²) in [4.78, 5) is 2.46. The fourth-order valence-electron chi connectivity index (χ4n) is 3.09. The average Bonchev–Trinajstić information content (AvgIpc) is 3.04. The number of halogens is 1. The maximum atomic E-state index is 13.2. The molecule has 0 amide bonds. The largest absolute Gasteiger partial charge is 0.454 e. The van der Waals surface area contributed by atoms with E-state index in [-0.39, 0.29) is 5.82 Å². The van der Waals surface area contributed by atoms with E-state index in [2.05, 4.69) is 17.0 Å². The van der Waals surface area contributed by atoms with Crippen molar-refractivity contribution >= 4 is 11.8 Å². The van der Waals surface area contributed by atoms with Gasteiger partial charge in [-0.3, -0.25) is 4.90 Å². The van der Waals surface area contributed by atoms with Gasteiger partial charge >= 0.3 is 0 Å². The zero-order valence-electron chi connectivity index (χ0n) is 12.7. The van der Waals surface area contributed by atoms with E-state index in [1.165, 1.54) is 11.1 Å². The Kier molecular flexibility index (Phi) is 4.14. The second-order valence-corrected chi connectivity index (χ2v) is 6.95. The predicted octanol–water partition coefficient (Wildman–Crippen LogP) is 3.84. The van der Waals surface area contributed by atoms with Crippen molar-refractivity contribution in [1.82, 2.24) is 4.90 Å². The third-order valence-electron chi connectivity index (χ3n) is 4.32. The molecule has 0 saturated carbocycles. The van der Waals surface area contributed by atoms with E-state index in [0.29, 0.717) is 12.8 Å². The molecule has 2 aliphatic heterocycles. The Morgan fingerprint density at radius 3 is 2.78 bits per heavy atom. The quantitative estimate of drug-likeness (QED) is 0.852. The first-order chi connectivity index (χ1) is 11.3. The van der Waals surface area contributed by atoms with E-state index >= 15 is 0 Å². The molecule has 0 radical (unpaired) electrons. The molecule has 1 atom stereocenters. The first kappa shape index (κ1) is 14.8. The van der Waals surface area contributed by atoms with Crippen molar-refractivity contribution in [2.45, 2.75) is 12.6 Å². The molecule has 0 bridgehead atoms. The summed E-state index contributed by atoms with van der Waals surface area (Å²) in [5.74, 6) is 3.63. The molecule has 2 heterocycles. The van der Waals surface area contributed by atoms with Crippen LogP contribution in [0, 0.1) is 5.82 Å². The predicted molar refractivity (Wildman–Crippen MR) is 89.4 cm³/mol. The highest BCUT2D eigenvalue weighted by Crippen LogP contribution is 2.35. The average molecular weight is 331 g/mol. The first-order valence-electron chi connectivity index (χ1n) is 7.75. The lowest BCUT2D eigenvalue weighted by atomic mass is 10.1. The van der Waals surface area contributed by atoms with Gasteiger partial charge in [0.25, 0.3) is 0 Å². The van der Waals surface area contributed by atoms with Gasteiger partial charge in [0.05, 0.1) is 0 Å². The van der Waals surface area contributed by atoms with E-state index in [0.717, 1.165) is 36.1 Å². The minimum absolute atomic E-state index is 0.181. The topological polar surface area (TPSA) is 21.7 Å². The highest BCUT2D eigenvalue weighted by Gasteiger charge is 2.25. The van der Waals surface area contributed by atoms with Crippen LogP contribution < -0.4 is 9.47 Å². The molecule has 3 nitrogen and oxygen atoms in total. The van der Waals surface area contributed by atoms with Gasteiger partial charge in [-0.05, 0) is 35.4 Å². The second-order valence-electron chi connectivity index (χ2n) is 5.80. The lowest BCUT2D eigenvalue weighted by molar-refractivity contribution is 0.173. The van der Waals surface area contributed by atoms with E-state index in [9.17, 15) is 4.39 Å². The minimum atomic E-state index is -0.181.